The molecular weight excluding hydrogens is 188 g/mol. The Bertz CT molecular complexity index is 285. The molecule has 1 aromatic rings. The normalized spacial score (nSPS) is 10.0. The van der Waals surface area contributed by atoms with E-state index in [9.17, 15) is 4.79 Å². The zero-order chi connectivity index (χ0) is 9.68. The summed E-state index contributed by atoms with van der Waals surface area (Å²) in [5, 5.41) is 11.2. The van der Waals surface area contributed by atoms with Gasteiger partial charge in [-0.3, -0.25) is 4.79 Å². The number of aliphatic hydroxyl groups is 1. The van der Waals surface area contributed by atoms with Crippen molar-refractivity contribution in [2.24, 2.45) is 0 Å². The van der Waals surface area contributed by atoms with Gasteiger partial charge >= 0.3 is 0 Å². The summed E-state index contributed by atoms with van der Waals surface area (Å²) in [7, 11) is 0. The summed E-state index contributed by atoms with van der Waals surface area (Å²) in [5.74, 6) is -0.103. The maximum absolute atomic E-state index is 11.4. The van der Waals surface area contributed by atoms with Crippen LogP contribution in [0, 0.1) is 6.92 Å². The standard InChI is InChI=1S/C8H12N2O2S/c1-6-7(13-5-10-6)8(12)9-3-2-4-11/h5,11H,2-4H2,1H3,(H,9,12). The van der Waals surface area contributed by atoms with Gasteiger partial charge < -0.3 is 10.4 Å². The van der Waals surface area contributed by atoms with Crippen molar-refractivity contribution in [2.45, 2.75) is 13.3 Å². The second kappa shape index (κ2) is 4.94. The lowest BCUT2D eigenvalue weighted by Gasteiger charge is -2.01. The van der Waals surface area contributed by atoms with Crippen molar-refractivity contribution in [3.8, 4) is 0 Å². The molecule has 72 valence electrons. The molecule has 1 aromatic heterocycles. The smallest absolute Gasteiger partial charge is 0.263 e. The van der Waals surface area contributed by atoms with E-state index in [0.29, 0.717) is 17.8 Å². The molecule has 1 rings (SSSR count). The summed E-state index contributed by atoms with van der Waals surface area (Å²) in [5.41, 5.74) is 2.41. The van der Waals surface area contributed by atoms with Crippen LogP contribution in [-0.2, 0) is 0 Å². The summed E-state index contributed by atoms with van der Waals surface area (Å²) < 4.78 is 0. The van der Waals surface area contributed by atoms with E-state index in [1.807, 2.05) is 0 Å². The first-order valence-corrected chi connectivity index (χ1v) is 4.93. The quantitative estimate of drug-likeness (QED) is 0.698. The van der Waals surface area contributed by atoms with Gasteiger partial charge in [0.2, 0.25) is 0 Å². The van der Waals surface area contributed by atoms with E-state index in [2.05, 4.69) is 10.3 Å². The van der Waals surface area contributed by atoms with E-state index in [0.717, 1.165) is 5.69 Å². The lowest BCUT2D eigenvalue weighted by Crippen LogP contribution is -2.24. The average Bonchev–Trinajstić information content (AvgIpc) is 2.52. The second-order valence-electron chi connectivity index (χ2n) is 2.60. The Hall–Kier alpha value is -0.940. The molecule has 0 radical (unpaired) electrons. The van der Waals surface area contributed by atoms with Gasteiger partial charge in [-0.15, -0.1) is 11.3 Å². The molecular formula is C8H12N2O2S. The van der Waals surface area contributed by atoms with Gasteiger partial charge in [-0.05, 0) is 13.3 Å². The summed E-state index contributed by atoms with van der Waals surface area (Å²) >= 11 is 1.33. The van der Waals surface area contributed by atoms with Crippen molar-refractivity contribution in [3.63, 3.8) is 0 Å². The molecule has 0 atom stereocenters. The molecule has 0 bridgehead atoms. The molecule has 0 aliphatic rings. The third kappa shape index (κ3) is 2.78. The highest BCUT2D eigenvalue weighted by Crippen LogP contribution is 2.11. The molecule has 2 N–H and O–H groups in total. The molecule has 13 heavy (non-hydrogen) atoms. The Balaban J connectivity index is 2.45. The molecule has 0 unspecified atom stereocenters. The maximum atomic E-state index is 11.4. The fourth-order valence-electron chi connectivity index (χ4n) is 0.881. The second-order valence-corrected chi connectivity index (χ2v) is 3.45. The first kappa shape index (κ1) is 10.1. The van der Waals surface area contributed by atoms with Crippen LogP contribution >= 0.6 is 11.3 Å². The van der Waals surface area contributed by atoms with Crippen LogP contribution in [-0.4, -0.2) is 29.1 Å². The van der Waals surface area contributed by atoms with Crippen LogP contribution in [0.15, 0.2) is 5.51 Å². The van der Waals surface area contributed by atoms with E-state index in [1.165, 1.54) is 11.3 Å². The van der Waals surface area contributed by atoms with Crippen LogP contribution in [0.1, 0.15) is 21.8 Å². The fourth-order valence-corrected chi connectivity index (χ4v) is 1.60. The molecule has 0 aliphatic carbocycles. The molecule has 0 aromatic carbocycles. The number of nitrogens with one attached hydrogen (secondary N) is 1. The minimum atomic E-state index is -0.103. The number of aliphatic hydroxyl groups excluding tert-OH is 1. The highest BCUT2D eigenvalue weighted by molar-refractivity contribution is 7.11. The summed E-state index contributed by atoms with van der Waals surface area (Å²) in [4.78, 5) is 16.0. The fraction of sp³-hybridized carbons (Fsp3) is 0.500. The van der Waals surface area contributed by atoms with Gasteiger partial charge in [0.05, 0.1) is 11.2 Å². The van der Waals surface area contributed by atoms with Gasteiger partial charge in [-0.25, -0.2) is 4.98 Å². The zero-order valence-corrected chi connectivity index (χ0v) is 8.23. The number of nitrogens with zero attached hydrogens (tertiary/aromatic N) is 1. The number of carbonyl (C=O) groups excluding carboxylic acids is 1. The summed E-state index contributed by atoms with van der Waals surface area (Å²) in [6.45, 7) is 2.41. The van der Waals surface area contributed by atoms with E-state index in [4.69, 9.17) is 5.11 Å². The number of carbonyl (C=O) groups is 1. The van der Waals surface area contributed by atoms with Gasteiger partial charge in [0.25, 0.3) is 5.91 Å². The topological polar surface area (TPSA) is 62.2 Å². The highest BCUT2D eigenvalue weighted by atomic mass is 32.1. The van der Waals surface area contributed by atoms with Crippen LogP contribution < -0.4 is 5.32 Å². The Labute approximate surface area is 80.6 Å². The molecule has 0 saturated carbocycles. The molecule has 0 spiro atoms. The molecule has 1 heterocycles. The molecule has 4 nitrogen and oxygen atoms in total. The minimum Gasteiger partial charge on any atom is -0.396 e. The van der Waals surface area contributed by atoms with Gasteiger partial charge in [0, 0.05) is 13.2 Å². The molecule has 0 saturated heterocycles. The van der Waals surface area contributed by atoms with Crippen molar-refractivity contribution < 1.29 is 9.90 Å². The number of rotatable bonds is 4. The van der Waals surface area contributed by atoms with E-state index in [-0.39, 0.29) is 12.5 Å². The molecule has 0 aliphatic heterocycles. The van der Waals surface area contributed by atoms with Gasteiger partial charge in [0.1, 0.15) is 4.88 Å². The van der Waals surface area contributed by atoms with Crippen molar-refractivity contribution in [1.82, 2.24) is 10.3 Å². The predicted molar refractivity (Wildman–Crippen MR) is 50.9 cm³/mol. The molecule has 0 fully saturated rings. The van der Waals surface area contributed by atoms with Gasteiger partial charge in [-0.2, -0.15) is 0 Å². The maximum Gasteiger partial charge on any atom is 0.263 e. The Kier molecular flexibility index (Phi) is 3.85. The van der Waals surface area contributed by atoms with E-state index in [1.54, 1.807) is 12.4 Å². The molecule has 5 heteroatoms. The number of aromatic nitrogens is 1. The predicted octanol–water partition coefficient (Wildman–Crippen LogP) is 0.564. The summed E-state index contributed by atoms with van der Waals surface area (Å²) in [6.07, 6.45) is 0.587. The van der Waals surface area contributed by atoms with Crippen LogP contribution in [0.5, 0.6) is 0 Å². The third-order valence-electron chi connectivity index (χ3n) is 1.57. The lowest BCUT2D eigenvalue weighted by molar-refractivity contribution is 0.0954. The third-order valence-corrected chi connectivity index (χ3v) is 2.50. The van der Waals surface area contributed by atoms with Gasteiger partial charge in [-0.1, -0.05) is 0 Å². The zero-order valence-electron chi connectivity index (χ0n) is 7.41. The minimum absolute atomic E-state index is 0.0992. The Morgan fingerprint density at radius 1 is 1.77 bits per heavy atom. The Morgan fingerprint density at radius 3 is 3.08 bits per heavy atom. The average molecular weight is 200 g/mol. The van der Waals surface area contributed by atoms with Crippen LogP contribution in [0.25, 0.3) is 0 Å². The van der Waals surface area contributed by atoms with Crippen molar-refractivity contribution >= 4 is 17.2 Å². The van der Waals surface area contributed by atoms with Crippen LogP contribution in [0.4, 0.5) is 0 Å². The number of hydrogen-bond acceptors (Lipinski definition) is 4. The van der Waals surface area contributed by atoms with Crippen molar-refractivity contribution in [2.75, 3.05) is 13.2 Å². The Morgan fingerprint density at radius 2 is 2.54 bits per heavy atom. The monoisotopic (exact) mass is 200 g/mol. The van der Waals surface area contributed by atoms with E-state index < -0.39 is 0 Å². The highest BCUT2D eigenvalue weighted by Gasteiger charge is 2.09. The van der Waals surface area contributed by atoms with Gasteiger partial charge in [0.15, 0.2) is 0 Å². The number of aryl methyl sites for hydroxylation is 1. The van der Waals surface area contributed by atoms with E-state index >= 15 is 0 Å². The number of thiazole rings is 1. The van der Waals surface area contributed by atoms with Crippen LogP contribution in [0.3, 0.4) is 0 Å². The number of amides is 1. The lowest BCUT2D eigenvalue weighted by atomic mass is 10.3. The van der Waals surface area contributed by atoms with Crippen LogP contribution in [0.2, 0.25) is 0 Å². The largest absolute Gasteiger partial charge is 0.396 e. The van der Waals surface area contributed by atoms with Crippen molar-refractivity contribution in [3.05, 3.63) is 16.1 Å². The first-order chi connectivity index (χ1) is 6.25. The SMILES string of the molecule is Cc1ncsc1C(=O)NCCCO. The van der Waals surface area contributed by atoms with Crippen molar-refractivity contribution in [1.29, 1.82) is 0 Å². The molecule has 1 amide bonds. The first-order valence-electron chi connectivity index (χ1n) is 4.05. The summed E-state index contributed by atoms with van der Waals surface area (Å²) in [6, 6.07) is 0. The number of hydrogen-bond donors (Lipinski definition) is 2.